The lowest BCUT2D eigenvalue weighted by atomic mass is 9.88. The molecule has 0 saturated carbocycles. The molecule has 0 atom stereocenters. The van der Waals surface area contributed by atoms with E-state index in [1.165, 1.54) is 0 Å². The van der Waals surface area contributed by atoms with Crippen LogP contribution in [0.5, 0.6) is 5.75 Å². The van der Waals surface area contributed by atoms with Gasteiger partial charge in [0, 0.05) is 9.89 Å². The molecule has 18 heavy (non-hydrogen) atoms. The number of hydrogen-bond donors (Lipinski definition) is 2. The van der Waals surface area contributed by atoms with Gasteiger partial charge < -0.3 is 15.7 Å². The van der Waals surface area contributed by atoms with Crippen molar-refractivity contribution in [2.24, 2.45) is 16.3 Å². The van der Waals surface area contributed by atoms with E-state index < -0.39 is 5.41 Å². The number of benzene rings is 1. The molecule has 1 rings (SSSR count). The topological polar surface area (TPSA) is 67.8 Å². The molecule has 0 aliphatic heterocycles. The third-order valence-corrected chi connectivity index (χ3v) is 3.79. The lowest BCUT2D eigenvalue weighted by molar-refractivity contribution is 0.258. The number of hydrogen-bond acceptors (Lipinski definition) is 3. The fourth-order valence-electron chi connectivity index (χ4n) is 1.27. The maximum Gasteiger partial charge on any atom is 0.144 e. The second-order valence-electron chi connectivity index (χ2n) is 4.54. The van der Waals surface area contributed by atoms with Crippen LogP contribution < -0.4 is 10.5 Å². The summed E-state index contributed by atoms with van der Waals surface area (Å²) >= 11 is 6.81. The van der Waals surface area contributed by atoms with Gasteiger partial charge in [0.2, 0.25) is 0 Å². The van der Waals surface area contributed by atoms with E-state index in [9.17, 15) is 0 Å². The number of ether oxygens (including phenoxy) is 1. The minimum Gasteiger partial charge on any atom is -0.492 e. The van der Waals surface area contributed by atoms with E-state index in [2.05, 4.69) is 37.0 Å². The number of oxime groups is 1. The molecule has 0 aliphatic carbocycles. The van der Waals surface area contributed by atoms with Crippen molar-refractivity contribution in [3.8, 4) is 5.75 Å². The Morgan fingerprint density at radius 3 is 2.67 bits per heavy atom. The van der Waals surface area contributed by atoms with Gasteiger partial charge in [0.15, 0.2) is 0 Å². The first kappa shape index (κ1) is 15.3. The molecule has 0 amide bonds. The fraction of sp³-hybridized carbons (Fsp3) is 0.417. The standard InChI is InChI=1S/C12H16Br2N2O2/c1-12(2,11(15)16-17)5-6-18-10-4-3-8(13)7-9(10)14/h3-4,7,17H,5-6H2,1-2H3,(H2,15,16). The van der Waals surface area contributed by atoms with E-state index in [1.54, 1.807) is 0 Å². The van der Waals surface area contributed by atoms with Crippen molar-refractivity contribution in [2.75, 3.05) is 6.61 Å². The van der Waals surface area contributed by atoms with Crippen LogP contribution in [0.2, 0.25) is 0 Å². The molecule has 6 heteroatoms. The highest BCUT2D eigenvalue weighted by molar-refractivity contribution is 9.11. The van der Waals surface area contributed by atoms with Crippen LogP contribution in [0.1, 0.15) is 20.3 Å². The highest BCUT2D eigenvalue weighted by Crippen LogP contribution is 2.29. The summed E-state index contributed by atoms with van der Waals surface area (Å²) in [6.45, 7) is 4.30. The van der Waals surface area contributed by atoms with Crippen LogP contribution in [0.3, 0.4) is 0 Å². The quantitative estimate of drug-likeness (QED) is 0.354. The van der Waals surface area contributed by atoms with Crippen LogP contribution in [-0.4, -0.2) is 17.6 Å². The molecule has 0 unspecified atom stereocenters. The van der Waals surface area contributed by atoms with Crippen LogP contribution in [0.15, 0.2) is 32.3 Å². The Bertz CT molecular complexity index is 448. The zero-order valence-corrected chi connectivity index (χ0v) is 13.5. The molecule has 0 saturated heterocycles. The maximum absolute atomic E-state index is 8.67. The average Bonchev–Trinajstić information content (AvgIpc) is 2.30. The summed E-state index contributed by atoms with van der Waals surface area (Å²) in [5.41, 5.74) is 5.22. The third-order valence-electron chi connectivity index (χ3n) is 2.68. The van der Waals surface area contributed by atoms with E-state index in [0.29, 0.717) is 13.0 Å². The first-order valence-corrected chi connectivity index (χ1v) is 7.01. The Balaban J connectivity index is 2.57. The van der Waals surface area contributed by atoms with E-state index in [1.807, 2.05) is 32.0 Å². The van der Waals surface area contributed by atoms with Gasteiger partial charge in [-0.05, 0) is 40.5 Å². The summed E-state index contributed by atoms with van der Waals surface area (Å²) in [7, 11) is 0. The number of amidine groups is 1. The van der Waals surface area contributed by atoms with Crippen molar-refractivity contribution in [1.29, 1.82) is 0 Å². The molecule has 1 aromatic rings. The summed E-state index contributed by atoms with van der Waals surface area (Å²) in [5, 5.41) is 11.7. The molecule has 3 N–H and O–H groups in total. The monoisotopic (exact) mass is 378 g/mol. The van der Waals surface area contributed by atoms with Gasteiger partial charge in [0.25, 0.3) is 0 Å². The molecule has 0 fully saturated rings. The summed E-state index contributed by atoms with van der Waals surface area (Å²) in [6, 6.07) is 5.71. The normalized spacial score (nSPS) is 12.6. The maximum atomic E-state index is 8.67. The highest BCUT2D eigenvalue weighted by atomic mass is 79.9. The number of rotatable bonds is 5. The molecule has 1 aromatic carbocycles. The molecule has 100 valence electrons. The van der Waals surface area contributed by atoms with Crippen molar-refractivity contribution in [1.82, 2.24) is 0 Å². The van der Waals surface area contributed by atoms with Gasteiger partial charge in [-0.3, -0.25) is 0 Å². The fourth-order valence-corrected chi connectivity index (χ4v) is 2.43. The van der Waals surface area contributed by atoms with E-state index in [-0.39, 0.29) is 5.84 Å². The summed E-state index contributed by atoms with van der Waals surface area (Å²) in [5.74, 6) is 0.981. The summed E-state index contributed by atoms with van der Waals surface area (Å²) < 4.78 is 7.53. The van der Waals surface area contributed by atoms with Gasteiger partial charge in [-0.1, -0.05) is 34.9 Å². The second kappa shape index (κ2) is 6.43. The van der Waals surface area contributed by atoms with Crippen molar-refractivity contribution in [3.63, 3.8) is 0 Å². The van der Waals surface area contributed by atoms with Crippen molar-refractivity contribution < 1.29 is 9.94 Å². The first-order valence-electron chi connectivity index (χ1n) is 5.42. The zero-order chi connectivity index (χ0) is 13.8. The van der Waals surface area contributed by atoms with E-state index >= 15 is 0 Å². The minimum absolute atomic E-state index is 0.209. The van der Waals surface area contributed by atoms with Crippen molar-refractivity contribution >= 4 is 37.7 Å². The molecule has 0 aliphatic rings. The van der Waals surface area contributed by atoms with Crippen LogP contribution in [0.25, 0.3) is 0 Å². The molecule has 4 nitrogen and oxygen atoms in total. The second-order valence-corrected chi connectivity index (χ2v) is 6.31. The zero-order valence-electron chi connectivity index (χ0n) is 10.3. The van der Waals surface area contributed by atoms with Gasteiger partial charge in [-0.25, -0.2) is 0 Å². The lowest BCUT2D eigenvalue weighted by Crippen LogP contribution is -2.33. The molecular formula is C12H16Br2N2O2. The van der Waals surface area contributed by atoms with Crippen molar-refractivity contribution in [2.45, 2.75) is 20.3 Å². The molecule has 0 spiro atoms. The Labute approximate surface area is 123 Å². The Kier molecular flexibility index (Phi) is 5.47. The molecule has 0 aromatic heterocycles. The Hall–Kier alpha value is -0.750. The van der Waals surface area contributed by atoms with Crippen LogP contribution >= 0.6 is 31.9 Å². The van der Waals surface area contributed by atoms with E-state index in [0.717, 1.165) is 14.7 Å². The smallest absolute Gasteiger partial charge is 0.144 e. The number of halogens is 2. The largest absolute Gasteiger partial charge is 0.492 e. The van der Waals surface area contributed by atoms with Gasteiger partial charge >= 0.3 is 0 Å². The predicted octanol–water partition coefficient (Wildman–Crippen LogP) is 3.75. The minimum atomic E-state index is -0.392. The number of nitrogens with two attached hydrogens (primary N) is 1. The molecule has 0 radical (unpaired) electrons. The molecule has 0 bridgehead atoms. The van der Waals surface area contributed by atoms with Crippen molar-refractivity contribution in [3.05, 3.63) is 27.1 Å². The van der Waals surface area contributed by atoms with Crippen LogP contribution in [-0.2, 0) is 0 Å². The Morgan fingerprint density at radius 1 is 1.44 bits per heavy atom. The first-order chi connectivity index (χ1) is 8.36. The lowest BCUT2D eigenvalue weighted by Gasteiger charge is -2.22. The van der Waals surface area contributed by atoms with Crippen LogP contribution in [0, 0.1) is 5.41 Å². The Morgan fingerprint density at radius 2 is 2.11 bits per heavy atom. The van der Waals surface area contributed by atoms with Gasteiger partial charge in [0.05, 0.1) is 11.1 Å². The third kappa shape index (κ3) is 4.17. The summed E-state index contributed by atoms with van der Waals surface area (Å²) in [6.07, 6.45) is 0.658. The van der Waals surface area contributed by atoms with Gasteiger partial charge in [0.1, 0.15) is 11.6 Å². The highest BCUT2D eigenvalue weighted by Gasteiger charge is 2.23. The SMILES string of the molecule is CC(C)(CCOc1ccc(Br)cc1Br)C(N)=NO. The molecule has 0 heterocycles. The molecular weight excluding hydrogens is 364 g/mol. The van der Waals surface area contributed by atoms with Crippen LogP contribution in [0.4, 0.5) is 0 Å². The number of nitrogens with zero attached hydrogens (tertiary/aromatic N) is 1. The van der Waals surface area contributed by atoms with Gasteiger partial charge in [-0.2, -0.15) is 0 Å². The van der Waals surface area contributed by atoms with E-state index in [4.69, 9.17) is 15.7 Å². The van der Waals surface area contributed by atoms with Gasteiger partial charge in [-0.15, -0.1) is 0 Å². The predicted molar refractivity (Wildman–Crippen MR) is 79.1 cm³/mol. The summed E-state index contributed by atoms with van der Waals surface area (Å²) in [4.78, 5) is 0. The average molecular weight is 380 g/mol.